The first-order chi connectivity index (χ1) is 5.84. The molecule has 3 heteroatoms. The first-order valence-electron chi connectivity index (χ1n) is 4.66. The van der Waals surface area contributed by atoms with Crippen LogP contribution in [0.5, 0.6) is 0 Å². The maximum atomic E-state index is 11.0. The zero-order valence-electron chi connectivity index (χ0n) is 7.29. The van der Waals surface area contributed by atoms with Gasteiger partial charge in [0.1, 0.15) is 5.78 Å². The average molecular weight is 169 g/mol. The van der Waals surface area contributed by atoms with Gasteiger partial charge in [0.25, 0.3) is 0 Å². The molecule has 0 amide bonds. The number of carbonyl (C=O) groups excluding carboxylic acids is 1. The molecule has 0 bridgehead atoms. The van der Waals surface area contributed by atoms with Crippen molar-refractivity contribution >= 4 is 5.78 Å². The molecule has 1 unspecified atom stereocenters. The molecule has 0 aromatic rings. The fourth-order valence-electron chi connectivity index (χ4n) is 1.94. The Balaban J connectivity index is 1.75. The highest BCUT2D eigenvalue weighted by molar-refractivity contribution is 5.82. The van der Waals surface area contributed by atoms with Crippen molar-refractivity contribution in [2.45, 2.75) is 12.8 Å². The molecular weight excluding hydrogens is 154 g/mol. The van der Waals surface area contributed by atoms with Crippen molar-refractivity contribution in [3.63, 3.8) is 0 Å². The van der Waals surface area contributed by atoms with Crippen LogP contribution in [0.1, 0.15) is 12.8 Å². The molecule has 12 heavy (non-hydrogen) atoms. The molecule has 1 atom stereocenters. The lowest BCUT2D eigenvalue weighted by Gasteiger charge is -2.17. The third kappa shape index (κ3) is 1.84. The number of ketones is 1. The molecule has 0 aromatic carbocycles. The SMILES string of the molecule is O=C1CCN(CC2CCOC2)C1. The van der Waals surface area contributed by atoms with Gasteiger partial charge in [0.2, 0.25) is 0 Å². The first-order valence-corrected chi connectivity index (χ1v) is 4.66. The van der Waals surface area contributed by atoms with Crippen LogP contribution in [0.25, 0.3) is 0 Å². The molecule has 2 aliphatic rings. The summed E-state index contributed by atoms with van der Waals surface area (Å²) >= 11 is 0. The fraction of sp³-hybridized carbons (Fsp3) is 0.889. The molecular formula is C9H15NO2. The van der Waals surface area contributed by atoms with E-state index < -0.39 is 0 Å². The van der Waals surface area contributed by atoms with E-state index in [1.165, 1.54) is 6.42 Å². The van der Waals surface area contributed by atoms with Gasteiger partial charge in [-0.3, -0.25) is 9.69 Å². The highest BCUT2D eigenvalue weighted by Gasteiger charge is 2.24. The van der Waals surface area contributed by atoms with Crippen LogP contribution < -0.4 is 0 Å². The Hall–Kier alpha value is -0.410. The van der Waals surface area contributed by atoms with Gasteiger partial charge in [-0.25, -0.2) is 0 Å². The van der Waals surface area contributed by atoms with E-state index in [4.69, 9.17) is 4.74 Å². The lowest BCUT2D eigenvalue weighted by molar-refractivity contribution is -0.116. The Morgan fingerprint density at radius 3 is 3.08 bits per heavy atom. The number of likely N-dealkylation sites (tertiary alicyclic amines) is 1. The van der Waals surface area contributed by atoms with Gasteiger partial charge in [0.05, 0.1) is 13.2 Å². The lowest BCUT2D eigenvalue weighted by Crippen LogP contribution is -2.27. The van der Waals surface area contributed by atoms with Crippen LogP contribution in [0.4, 0.5) is 0 Å². The van der Waals surface area contributed by atoms with Crippen molar-refractivity contribution in [1.82, 2.24) is 4.90 Å². The Bertz CT molecular complexity index is 175. The van der Waals surface area contributed by atoms with E-state index in [0.717, 1.165) is 32.7 Å². The summed E-state index contributed by atoms with van der Waals surface area (Å²) in [7, 11) is 0. The van der Waals surface area contributed by atoms with E-state index in [1.807, 2.05) is 0 Å². The lowest BCUT2D eigenvalue weighted by atomic mass is 10.1. The predicted molar refractivity (Wildman–Crippen MR) is 45.0 cm³/mol. The number of hydrogen-bond acceptors (Lipinski definition) is 3. The Kier molecular flexibility index (Phi) is 2.42. The third-order valence-corrected chi connectivity index (χ3v) is 2.65. The number of hydrogen-bond donors (Lipinski definition) is 0. The van der Waals surface area contributed by atoms with Gasteiger partial charge in [-0.05, 0) is 12.3 Å². The van der Waals surface area contributed by atoms with E-state index in [9.17, 15) is 4.79 Å². The summed E-state index contributed by atoms with van der Waals surface area (Å²) < 4.78 is 5.28. The minimum Gasteiger partial charge on any atom is -0.381 e. The van der Waals surface area contributed by atoms with Crippen molar-refractivity contribution < 1.29 is 9.53 Å². The number of ether oxygens (including phenoxy) is 1. The summed E-state index contributed by atoms with van der Waals surface area (Å²) in [5, 5.41) is 0. The zero-order chi connectivity index (χ0) is 8.39. The highest BCUT2D eigenvalue weighted by Crippen LogP contribution is 2.15. The van der Waals surface area contributed by atoms with Crippen LogP contribution in [0, 0.1) is 5.92 Å². The molecule has 68 valence electrons. The molecule has 2 rings (SSSR count). The third-order valence-electron chi connectivity index (χ3n) is 2.65. The van der Waals surface area contributed by atoms with E-state index in [1.54, 1.807) is 0 Å². The van der Waals surface area contributed by atoms with Crippen LogP contribution >= 0.6 is 0 Å². The van der Waals surface area contributed by atoms with Crippen LogP contribution in [0.2, 0.25) is 0 Å². The Labute approximate surface area is 72.7 Å². The molecule has 3 nitrogen and oxygen atoms in total. The summed E-state index contributed by atoms with van der Waals surface area (Å²) in [6, 6.07) is 0. The second-order valence-corrected chi connectivity index (χ2v) is 3.75. The molecule has 2 heterocycles. The van der Waals surface area contributed by atoms with Crippen molar-refractivity contribution in [2.24, 2.45) is 5.92 Å². The van der Waals surface area contributed by atoms with E-state index in [0.29, 0.717) is 18.2 Å². The van der Waals surface area contributed by atoms with Gasteiger partial charge >= 0.3 is 0 Å². The molecule has 0 saturated carbocycles. The summed E-state index contributed by atoms with van der Waals surface area (Å²) in [4.78, 5) is 13.2. The molecule has 2 aliphatic heterocycles. The Morgan fingerprint density at radius 2 is 2.50 bits per heavy atom. The monoisotopic (exact) mass is 169 g/mol. The molecule has 0 N–H and O–H groups in total. The average Bonchev–Trinajstić information content (AvgIpc) is 2.63. The first kappa shape index (κ1) is 8.20. The van der Waals surface area contributed by atoms with Gasteiger partial charge < -0.3 is 4.74 Å². The Morgan fingerprint density at radius 1 is 1.58 bits per heavy atom. The van der Waals surface area contributed by atoms with Gasteiger partial charge in [-0.1, -0.05) is 0 Å². The van der Waals surface area contributed by atoms with Crippen molar-refractivity contribution in [3.8, 4) is 0 Å². The maximum Gasteiger partial charge on any atom is 0.148 e. The van der Waals surface area contributed by atoms with Crippen molar-refractivity contribution in [3.05, 3.63) is 0 Å². The minimum atomic E-state index is 0.397. The molecule has 0 spiro atoms. The standard InChI is InChI=1S/C9H15NO2/c11-9-1-3-10(6-9)5-8-2-4-12-7-8/h8H,1-7H2. The molecule has 0 aliphatic carbocycles. The number of nitrogens with zero attached hydrogens (tertiary/aromatic N) is 1. The zero-order valence-corrected chi connectivity index (χ0v) is 7.29. The summed E-state index contributed by atoms with van der Waals surface area (Å²) in [5.41, 5.74) is 0. The van der Waals surface area contributed by atoms with Crippen molar-refractivity contribution in [2.75, 3.05) is 32.8 Å². The summed E-state index contributed by atoms with van der Waals surface area (Å²) in [5.74, 6) is 1.07. The summed E-state index contributed by atoms with van der Waals surface area (Å²) in [6.45, 7) is 4.51. The van der Waals surface area contributed by atoms with Gasteiger partial charge in [0, 0.05) is 26.1 Å². The fourth-order valence-corrected chi connectivity index (χ4v) is 1.94. The topological polar surface area (TPSA) is 29.5 Å². The van der Waals surface area contributed by atoms with E-state index in [2.05, 4.69) is 4.90 Å². The van der Waals surface area contributed by atoms with Crippen LogP contribution in [-0.4, -0.2) is 43.5 Å². The quantitative estimate of drug-likeness (QED) is 0.595. The van der Waals surface area contributed by atoms with Crippen LogP contribution in [0.3, 0.4) is 0 Å². The highest BCUT2D eigenvalue weighted by atomic mass is 16.5. The second-order valence-electron chi connectivity index (χ2n) is 3.75. The van der Waals surface area contributed by atoms with Gasteiger partial charge in [-0.15, -0.1) is 0 Å². The predicted octanol–water partition coefficient (Wildman–Crippen LogP) is 0.298. The minimum absolute atomic E-state index is 0.397. The molecule has 2 fully saturated rings. The van der Waals surface area contributed by atoms with Gasteiger partial charge in [0.15, 0.2) is 0 Å². The van der Waals surface area contributed by atoms with E-state index in [-0.39, 0.29) is 0 Å². The second kappa shape index (κ2) is 3.54. The normalized spacial score (nSPS) is 31.7. The number of carbonyl (C=O) groups is 1. The van der Waals surface area contributed by atoms with E-state index >= 15 is 0 Å². The number of rotatable bonds is 2. The van der Waals surface area contributed by atoms with Crippen LogP contribution in [0.15, 0.2) is 0 Å². The molecule has 0 aromatic heterocycles. The number of Topliss-reactive ketones (excluding diaryl/α,β-unsaturated/α-hetero) is 1. The summed E-state index contributed by atoms with van der Waals surface area (Å²) in [6.07, 6.45) is 1.93. The van der Waals surface area contributed by atoms with Crippen molar-refractivity contribution in [1.29, 1.82) is 0 Å². The molecule has 0 radical (unpaired) electrons. The largest absolute Gasteiger partial charge is 0.381 e. The van der Waals surface area contributed by atoms with Crippen LogP contribution in [-0.2, 0) is 9.53 Å². The maximum absolute atomic E-state index is 11.0. The smallest absolute Gasteiger partial charge is 0.148 e. The molecule has 2 saturated heterocycles. The van der Waals surface area contributed by atoms with Gasteiger partial charge in [-0.2, -0.15) is 0 Å².